The van der Waals surface area contributed by atoms with Gasteiger partial charge < -0.3 is 10.6 Å². The third-order valence-electron chi connectivity index (χ3n) is 4.88. The number of para-hydroxylation sites is 1. The van der Waals surface area contributed by atoms with Crippen LogP contribution in [0.1, 0.15) is 32.0 Å². The minimum Gasteiger partial charge on any atom is -0.322 e. The average molecular weight is 410 g/mol. The molecule has 6 heteroatoms. The third kappa shape index (κ3) is 4.53. The minimum absolute atomic E-state index is 0.292. The molecular formula is C25H22N4O2. The predicted molar refractivity (Wildman–Crippen MR) is 122 cm³/mol. The highest BCUT2D eigenvalue weighted by Gasteiger charge is 2.18. The number of hydrogen-bond acceptors (Lipinski definition) is 3. The maximum atomic E-state index is 13.1. The number of rotatable bonds is 5. The van der Waals surface area contributed by atoms with E-state index in [9.17, 15) is 9.59 Å². The van der Waals surface area contributed by atoms with Crippen LogP contribution in [-0.2, 0) is 0 Å². The molecule has 4 rings (SSSR count). The summed E-state index contributed by atoms with van der Waals surface area (Å²) >= 11 is 0. The molecule has 3 N–H and O–H groups in total. The summed E-state index contributed by atoms with van der Waals surface area (Å²) in [5.41, 5.74) is 5.44. The highest BCUT2D eigenvalue weighted by molar-refractivity contribution is 6.15. The number of amides is 2. The molecule has 0 atom stereocenters. The maximum Gasteiger partial charge on any atom is 0.256 e. The highest BCUT2D eigenvalue weighted by Crippen LogP contribution is 2.27. The zero-order chi connectivity index (χ0) is 21.8. The second kappa shape index (κ2) is 8.67. The summed E-state index contributed by atoms with van der Waals surface area (Å²) in [5, 5.41) is 13.0. The summed E-state index contributed by atoms with van der Waals surface area (Å²) in [6.45, 7) is 3.90. The Bertz CT molecular complexity index is 1240. The van der Waals surface area contributed by atoms with Gasteiger partial charge in [-0.1, -0.05) is 48.0 Å². The van der Waals surface area contributed by atoms with Crippen molar-refractivity contribution in [2.45, 2.75) is 13.8 Å². The fraction of sp³-hybridized carbons (Fsp3) is 0.0800. The van der Waals surface area contributed by atoms with E-state index < -0.39 is 0 Å². The number of aromatic nitrogens is 2. The monoisotopic (exact) mass is 410 g/mol. The number of aromatic amines is 1. The Morgan fingerprint density at radius 3 is 2.03 bits per heavy atom. The van der Waals surface area contributed by atoms with Crippen molar-refractivity contribution in [3.8, 4) is 11.3 Å². The quantitative estimate of drug-likeness (QED) is 0.423. The van der Waals surface area contributed by atoms with Crippen LogP contribution >= 0.6 is 0 Å². The molecule has 0 bridgehead atoms. The standard InChI is InChI=1S/C25H22N4O2/c1-16-11-13-18(14-12-16)26-24(30)19-7-3-4-8-20(19)25(31)27-22-10-6-5-9-21(22)23-15-17(2)28-29-23/h3-15H,1-2H3,(H,26,30)(H,27,31)(H,28,29). The Kier molecular flexibility index (Phi) is 5.62. The first-order chi connectivity index (χ1) is 15.0. The maximum absolute atomic E-state index is 13.1. The lowest BCUT2D eigenvalue weighted by Crippen LogP contribution is -2.20. The van der Waals surface area contributed by atoms with E-state index >= 15 is 0 Å². The number of benzene rings is 3. The van der Waals surface area contributed by atoms with Crippen LogP contribution in [-0.4, -0.2) is 22.0 Å². The number of anilines is 2. The second-order valence-electron chi connectivity index (χ2n) is 7.30. The molecule has 0 spiro atoms. The van der Waals surface area contributed by atoms with Gasteiger partial charge in [0.05, 0.1) is 22.5 Å². The molecule has 0 aliphatic heterocycles. The van der Waals surface area contributed by atoms with Gasteiger partial charge in [-0.25, -0.2) is 0 Å². The largest absolute Gasteiger partial charge is 0.322 e. The number of nitrogens with zero attached hydrogens (tertiary/aromatic N) is 1. The molecule has 0 aliphatic rings. The van der Waals surface area contributed by atoms with Gasteiger partial charge in [0, 0.05) is 16.9 Å². The molecule has 0 radical (unpaired) electrons. The van der Waals surface area contributed by atoms with Crippen molar-refractivity contribution in [3.63, 3.8) is 0 Å². The lowest BCUT2D eigenvalue weighted by Gasteiger charge is -2.13. The SMILES string of the molecule is Cc1ccc(NC(=O)c2ccccc2C(=O)Nc2ccccc2-c2cc(C)[nH]n2)cc1. The molecule has 4 aromatic rings. The van der Waals surface area contributed by atoms with Gasteiger partial charge in [0.1, 0.15) is 0 Å². The summed E-state index contributed by atoms with van der Waals surface area (Å²) in [6.07, 6.45) is 0. The van der Waals surface area contributed by atoms with Gasteiger partial charge in [-0.2, -0.15) is 5.10 Å². The van der Waals surface area contributed by atoms with E-state index in [-0.39, 0.29) is 11.8 Å². The van der Waals surface area contributed by atoms with Crippen LogP contribution < -0.4 is 10.6 Å². The van der Waals surface area contributed by atoms with E-state index in [1.54, 1.807) is 24.3 Å². The molecule has 0 saturated heterocycles. The molecule has 0 saturated carbocycles. The Morgan fingerprint density at radius 1 is 0.774 bits per heavy atom. The van der Waals surface area contributed by atoms with Gasteiger partial charge in [0.25, 0.3) is 11.8 Å². The molecular weight excluding hydrogens is 388 g/mol. The zero-order valence-corrected chi connectivity index (χ0v) is 17.3. The van der Waals surface area contributed by atoms with Crippen LogP contribution in [0.25, 0.3) is 11.3 Å². The van der Waals surface area contributed by atoms with Crippen LogP contribution in [0, 0.1) is 13.8 Å². The summed E-state index contributed by atoms with van der Waals surface area (Å²) < 4.78 is 0. The second-order valence-corrected chi connectivity index (χ2v) is 7.30. The van der Waals surface area contributed by atoms with Crippen molar-refractivity contribution in [3.05, 3.63) is 101 Å². The van der Waals surface area contributed by atoms with E-state index in [0.29, 0.717) is 22.5 Å². The number of aryl methyl sites for hydroxylation is 2. The predicted octanol–water partition coefficient (Wildman–Crippen LogP) is 5.20. The fourth-order valence-corrected chi connectivity index (χ4v) is 3.28. The van der Waals surface area contributed by atoms with Crippen molar-refractivity contribution in [1.29, 1.82) is 0 Å². The van der Waals surface area contributed by atoms with Gasteiger partial charge >= 0.3 is 0 Å². The third-order valence-corrected chi connectivity index (χ3v) is 4.88. The number of nitrogens with one attached hydrogen (secondary N) is 3. The van der Waals surface area contributed by atoms with Crippen LogP contribution in [0.3, 0.4) is 0 Å². The molecule has 0 aliphatic carbocycles. The lowest BCUT2D eigenvalue weighted by atomic mass is 10.0. The van der Waals surface area contributed by atoms with Gasteiger partial charge in [-0.05, 0) is 50.2 Å². The van der Waals surface area contributed by atoms with E-state index in [1.807, 2.05) is 68.4 Å². The summed E-state index contributed by atoms with van der Waals surface area (Å²) in [6, 6.07) is 23.6. The molecule has 6 nitrogen and oxygen atoms in total. The number of carbonyl (C=O) groups excluding carboxylic acids is 2. The molecule has 1 aromatic heterocycles. The van der Waals surface area contributed by atoms with Crippen LogP contribution in [0.5, 0.6) is 0 Å². The molecule has 2 amide bonds. The van der Waals surface area contributed by atoms with E-state index in [0.717, 1.165) is 22.5 Å². The minimum atomic E-state index is -0.366. The van der Waals surface area contributed by atoms with Crippen molar-refractivity contribution in [2.24, 2.45) is 0 Å². The summed E-state index contributed by atoms with van der Waals surface area (Å²) in [4.78, 5) is 26.0. The van der Waals surface area contributed by atoms with E-state index in [2.05, 4.69) is 20.8 Å². The van der Waals surface area contributed by atoms with Crippen LogP contribution in [0.15, 0.2) is 78.9 Å². The molecule has 31 heavy (non-hydrogen) atoms. The van der Waals surface area contributed by atoms with Gasteiger partial charge in [0.2, 0.25) is 0 Å². The molecule has 1 heterocycles. The van der Waals surface area contributed by atoms with Crippen molar-refractivity contribution >= 4 is 23.2 Å². The van der Waals surface area contributed by atoms with Crippen molar-refractivity contribution in [2.75, 3.05) is 10.6 Å². The average Bonchev–Trinajstić information content (AvgIpc) is 3.21. The van der Waals surface area contributed by atoms with Crippen molar-refractivity contribution in [1.82, 2.24) is 10.2 Å². The molecule has 0 unspecified atom stereocenters. The Hall–Kier alpha value is -4.19. The number of hydrogen-bond donors (Lipinski definition) is 3. The first kappa shape index (κ1) is 20.1. The van der Waals surface area contributed by atoms with Crippen LogP contribution in [0.4, 0.5) is 11.4 Å². The fourth-order valence-electron chi connectivity index (χ4n) is 3.28. The zero-order valence-electron chi connectivity index (χ0n) is 17.3. The number of H-pyrrole nitrogens is 1. The smallest absolute Gasteiger partial charge is 0.256 e. The summed E-state index contributed by atoms with van der Waals surface area (Å²) in [7, 11) is 0. The van der Waals surface area contributed by atoms with Gasteiger partial charge in [0.15, 0.2) is 0 Å². The topological polar surface area (TPSA) is 86.9 Å². The van der Waals surface area contributed by atoms with E-state index in [1.165, 1.54) is 0 Å². The highest BCUT2D eigenvalue weighted by atomic mass is 16.2. The van der Waals surface area contributed by atoms with E-state index in [4.69, 9.17) is 0 Å². The Balaban J connectivity index is 1.59. The Labute approximate surface area is 180 Å². The van der Waals surface area contributed by atoms with Gasteiger partial charge in [-0.3, -0.25) is 14.7 Å². The lowest BCUT2D eigenvalue weighted by molar-refractivity contribution is 0.0990. The van der Waals surface area contributed by atoms with Crippen LogP contribution in [0.2, 0.25) is 0 Å². The number of carbonyl (C=O) groups is 2. The molecule has 154 valence electrons. The van der Waals surface area contributed by atoms with Gasteiger partial charge in [-0.15, -0.1) is 0 Å². The molecule has 3 aromatic carbocycles. The first-order valence-corrected chi connectivity index (χ1v) is 9.91. The Morgan fingerprint density at radius 2 is 1.39 bits per heavy atom. The van der Waals surface area contributed by atoms with Crippen molar-refractivity contribution < 1.29 is 9.59 Å². The normalized spacial score (nSPS) is 10.5. The molecule has 0 fully saturated rings. The summed E-state index contributed by atoms with van der Waals surface area (Å²) in [5.74, 6) is -0.708. The first-order valence-electron chi connectivity index (χ1n) is 9.91.